The largest absolute Gasteiger partial charge is 0.377 e. The summed E-state index contributed by atoms with van der Waals surface area (Å²) in [6.45, 7) is 28.7. The molecule has 1 N–H and O–H groups in total. The standard InChI is InChI=1S/C9H20N2O.C8H17N.C5H13P.C2H6/c1-9(2)12-8-7-11-5-3-10-4-6-11;1-8(2)9-6-4-3-5-7-9;1-5(2)4-6-3;1-2/h9-10H,3-8H2,1-2H3;8H,3-7H2,1-2H3;5-6H,4H2,1-3H3;1-2H3. The average Bonchev–Trinajstić information content (AvgIpc) is 2.71. The van der Waals surface area contributed by atoms with Crippen molar-refractivity contribution in [3.8, 4) is 0 Å². The molecule has 5 heteroatoms. The summed E-state index contributed by atoms with van der Waals surface area (Å²) < 4.78 is 5.48. The molecular formula is C24H56N3OP. The van der Waals surface area contributed by atoms with E-state index in [9.17, 15) is 0 Å². The second kappa shape index (κ2) is 22.9. The van der Waals surface area contributed by atoms with E-state index in [4.69, 9.17) is 4.74 Å². The predicted octanol–water partition coefficient (Wildman–Crippen LogP) is 5.17. The fourth-order valence-electron chi connectivity index (χ4n) is 3.20. The molecule has 4 nitrogen and oxygen atoms in total. The van der Waals surface area contributed by atoms with Gasteiger partial charge in [-0.15, -0.1) is 8.58 Å². The molecule has 1 atom stereocenters. The van der Waals surface area contributed by atoms with Gasteiger partial charge in [-0.3, -0.25) is 4.90 Å². The number of likely N-dealkylation sites (tertiary alicyclic amines) is 1. The highest BCUT2D eigenvalue weighted by Gasteiger charge is 2.11. The molecule has 2 aliphatic rings. The summed E-state index contributed by atoms with van der Waals surface area (Å²) in [4.78, 5) is 5.00. The first kappa shape index (κ1) is 31.5. The van der Waals surface area contributed by atoms with Crippen LogP contribution in [0.25, 0.3) is 0 Å². The van der Waals surface area contributed by atoms with E-state index < -0.39 is 0 Å². The lowest BCUT2D eigenvalue weighted by molar-refractivity contribution is 0.0566. The van der Waals surface area contributed by atoms with Crippen LogP contribution in [0.1, 0.15) is 74.7 Å². The smallest absolute Gasteiger partial charge is 0.0596 e. The maximum absolute atomic E-state index is 5.48. The zero-order valence-corrected chi connectivity index (χ0v) is 22.5. The molecule has 0 aromatic heterocycles. The van der Waals surface area contributed by atoms with E-state index in [0.717, 1.165) is 46.8 Å². The van der Waals surface area contributed by atoms with E-state index in [1.54, 1.807) is 0 Å². The molecule has 178 valence electrons. The number of hydrogen-bond donors (Lipinski definition) is 1. The Morgan fingerprint density at radius 3 is 1.76 bits per heavy atom. The van der Waals surface area contributed by atoms with Crippen molar-refractivity contribution in [3.05, 3.63) is 0 Å². The van der Waals surface area contributed by atoms with Crippen LogP contribution in [0.5, 0.6) is 0 Å². The molecule has 0 amide bonds. The number of nitrogens with zero attached hydrogens (tertiary/aromatic N) is 2. The molecule has 0 radical (unpaired) electrons. The zero-order valence-electron chi connectivity index (χ0n) is 21.5. The van der Waals surface area contributed by atoms with Crippen LogP contribution in [0.15, 0.2) is 0 Å². The zero-order chi connectivity index (χ0) is 22.5. The first-order valence-electron chi connectivity index (χ1n) is 12.3. The van der Waals surface area contributed by atoms with Gasteiger partial charge in [0.05, 0.1) is 12.7 Å². The van der Waals surface area contributed by atoms with E-state index in [2.05, 4.69) is 63.3 Å². The lowest BCUT2D eigenvalue weighted by Gasteiger charge is -2.29. The summed E-state index contributed by atoms with van der Waals surface area (Å²) >= 11 is 0. The minimum Gasteiger partial charge on any atom is -0.377 e. The van der Waals surface area contributed by atoms with E-state index in [1.165, 1.54) is 51.6 Å². The SMILES string of the molecule is CC.CC(C)N1CCCCC1.CC(C)OCCN1CCNCC1.CPCC(C)C. The third-order valence-electron chi connectivity index (χ3n) is 4.80. The first-order valence-corrected chi connectivity index (χ1v) is 14.0. The minimum absolute atomic E-state index is 0.368. The molecule has 0 aromatic rings. The van der Waals surface area contributed by atoms with Crippen LogP contribution in [-0.2, 0) is 4.74 Å². The van der Waals surface area contributed by atoms with Crippen molar-refractivity contribution in [3.63, 3.8) is 0 Å². The Bertz CT molecular complexity index is 303. The Balaban J connectivity index is 0. The third kappa shape index (κ3) is 22.8. The van der Waals surface area contributed by atoms with Crippen LogP contribution < -0.4 is 5.32 Å². The number of piperazine rings is 1. The topological polar surface area (TPSA) is 27.7 Å². The molecule has 2 aliphatic heterocycles. The molecule has 2 fully saturated rings. The summed E-state index contributed by atoms with van der Waals surface area (Å²) in [6.07, 6.45) is 6.05. The van der Waals surface area contributed by atoms with E-state index in [-0.39, 0.29) is 0 Å². The first-order chi connectivity index (χ1) is 13.9. The summed E-state index contributed by atoms with van der Waals surface area (Å²) in [7, 11) is 1.14. The minimum atomic E-state index is 0.368. The monoisotopic (exact) mass is 433 g/mol. The van der Waals surface area contributed by atoms with Crippen molar-refractivity contribution in [2.24, 2.45) is 5.92 Å². The van der Waals surface area contributed by atoms with Gasteiger partial charge < -0.3 is 15.0 Å². The molecule has 0 saturated carbocycles. The van der Waals surface area contributed by atoms with Gasteiger partial charge in [0, 0.05) is 38.8 Å². The Hall–Kier alpha value is 0.270. The van der Waals surface area contributed by atoms with Gasteiger partial charge in [-0.05, 0) is 72.4 Å². The molecule has 0 aliphatic carbocycles. The second-order valence-electron chi connectivity index (χ2n) is 8.65. The highest BCUT2D eigenvalue weighted by molar-refractivity contribution is 7.36. The van der Waals surface area contributed by atoms with E-state index in [0.29, 0.717) is 6.10 Å². The Morgan fingerprint density at radius 2 is 1.41 bits per heavy atom. The van der Waals surface area contributed by atoms with Crippen molar-refractivity contribution in [1.82, 2.24) is 15.1 Å². The quantitative estimate of drug-likeness (QED) is 0.560. The van der Waals surface area contributed by atoms with Crippen molar-refractivity contribution in [1.29, 1.82) is 0 Å². The molecule has 2 rings (SSSR count). The van der Waals surface area contributed by atoms with Crippen LogP contribution >= 0.6 is 8.58 Å². The van der Waals surface area contributed by atoms with Crippen LogP contribution in [0.3, 0.4) is 0 Å². The van der Waals surface area contributed by atoms with E-state index in [1.807, 2.05) is 13.8 Å². The van der Waals surface area contributed by atoms with Crippen LogP contribution in [0.4, 0.5) is 0 Å². The molecule has 1 unspecified atom stereocenters. The lowest BCUT2D eigenvalue weighted by atomic mass is 10.1. The number of ether oxygens (including phenoxy) is 1. The van der Waals surface area contributed by atoms with Crippen LogP contribution in [0, 0.1) is 5.92 Å². The summed E-state index contributed by atoms with van der Waals surface area (Å²) in [5.41, 5.74) is 0. The molecular weight excluding hydrogens is 377 g/mol. The van der Waals surface area contributed by atoms with Gasteiger partial charge >= 0.3 is 0 Å². The fraction of sp³-hybridized carbons (Fsp3) is 1.00. The van der Waals surface area contributed by atoms with Crippen LogP contribution in [-0.4, -0.2) is 87.2 Å². The van der Waals surface area contributed by atoms with Gasteiger partial charge in [-0.2, -0.15) is 0 Å². The summed E-state index contributed by atoms with van der Waals surface area (Å²) in [5.74, 6) is 0.910. The highest BCUT2D eigenvalue weighted by Crippen LogP contribution is 2.10. The number of piperidine rings is 1. The van der Waals surface area contributed by atoms with E-state index >= 15 is 0 Å². The van der Waals surface area contributed by atoms with Gasteiger partial charge in [0.1, 0.15) is 0 Å². The molecule has 0 bridgehead atoms. The normalized spacial score (nSPS) is 18.2. The predicted molar refractivity (Wildman–Crippen MR) is 136 cm³/mol. The van der Waals surface area contributed by atoms with Gasteiger partial charge in [0.25, 0.3) is 0 Å². The van der Waals surface area contributed by atoms with Crippen molar-refractivity contribution >= 4 is 8.58 Å². The summed E-state index contributed by atoms with van der Waals surface area (Å²) in [5, 5.41) is 3.33. The molecule has 2 heterocycles. The molecule has 0 aromatic carbocycles. The fourth-order valence-corrected chi connectivity index (χ4v) is 4.01. The van der Waals surface area contributed by atoms with Gasteiger partial charge in [-0.1, -0.05) is 34.1 Å². The maximum Gasteiger partial charge on any atom is 0.0596 e. The van der Waals surface area contributed by atoms with Crippen LogP contribution in [0.2, 0.25) is 0 Å². The third-order valence-corrected chi connectivity index (χ3v) is 6.03. The highest BCUT2D eigenvalue weighted by atomic mass is 31.1. The van der Waals surface area contributed by atoms with Gasteiger partial charge in [0.2, 0.25) is 0 Å². The van der Waals surface area contributed by atoms with Crippen molar-refractivity contribution in [2.75, 3.05) is 65.2 Å². The number of rotatable bonds is 7. The lowest BCUT2D eigenvalue weighted by Crippen LogP contribution is -2.44. The van der Waals surface area contributed by atoms with Crippen molar-refractivity contribution < 1.29 is 4.74 Å². The Morgan fingerprint density at radius 1 is 0.862 bits per heavy atom. The molecule has 0 spiro atoms. The summed E-state index contributed by atoms with van der Waals surface area (Å²) in [6, 6.07) is 0.769. The average molecular weight is 434 g/mol. The maximum atomic E-state index is 5.48. The number of hydrogen-bond acceptors (Lipinski definition) is 4. The Kier molecular flexibility index (Phi) is 24.9. The Labute approximate surface area is 186 Å². The number of nitrogens with one attached hydrogen (secondary N) is 1. The molecule has 2 saturated heterocycles. The van der Waals surface area contributed by atoms with Gasteiger partial charge in [0.15, 0.2) is 0 Å². The molecule has 29 heavy (non-hydrogen) atoms. The van der Waals surface area contributed by atoms with Crippen molar-refractivity contribution in [2.45, 2.75) is 86.8 Å². The second-order valence-corrected chi connectivity index (χ2v) is 9.77. The van der Waals surface area contributed by atoms with Gasteiger partial charge in [-0.25, -0.2) is 0 Å².